The third kappa shape index (κ3) is 2.96. The zero-order valence-electron chi connectivity index (χ0n) is 8.37. The highest BCUT2D eigenvalue weighted by Gasteiger charge is 2.20. The van der Waals surface area contributed by atoms with Crippen molar-refractivity contribution < 1.29 is 4.74 Å². The van der Waals surface area contributed by atoms with Crippen LogP contribution < -0.4 is 5.32 Å². The number of hydrogen-bond acceptors (Lipinski definition) is 1. The van der Waals surface area contributed by atoms with E-state index in [4.69, 9.17) is 4.74 Å². The number of nitrogens with zero attached hydrogens (tertiary/aromatic N) is 1. The third-order valence-corrected chi connectivity index (χ3v) is 3.16. The van der Waals surface area contributed by atoms with Crippen LogP contribution >= 0.6 is 0 Å². The summed E-state index contributed by atoms with van der Waals surface area (Å²) >= 11 is 0. The first-order valence-electron chi connectivity index (χ1n) is 5.74. The van der Waals surface area contributed by atoms with Crippen LogP contribution in [0.1, 0.15) is 44.9 Å². The van der Waals surface area contributed by atoms with Gasteiger partial charge in [-0.1, -0.05) is 19.3 Å². The summed E-state index contributed by atoms with van der Waals surface area (Å²) in [6.45, 7) is 2.05. The molecule has 0 aromatic carbocycles. The SMILES string of the molecule is C1CCC(OC2CC[N]CC2)CC1. The number of ether oxygens (including phenoxy) is 1. The number of piperidine rings is 1. The van der Waals surface area contributed by atoms with Crippen LogP contribution in [0.15, 0.2) is 0 Å². The van der Waals surface area contributed by atoms with Gasteiger partial charge in [-0.25, -0.2) is 5.32 Å². The molecule has 0 aromatic heterocycles. The Labute approximate surface area is 81.0 Å². The van der Waals surface area contributed by atoms with Gasteiger partial charge in [-0.2, -0.15) is 0 Å². The highest BCUT2D eigenvalue weighted by molar-refractivity contribution is 4.72. The first-order chi connectivity index (χ1) is 6.45. The fraction of sp³-hybridized carbons (Fsp3) is 1.00. The molecule has 2 rings (SSSR count). The maximum Gasteiger partial charge on any atom is 0.0604 e. The van der Waals surface area contributed by atoms with Crippen molar-refractivity contribution in [2.75, 3.05) is 13.1 Å². The quantitative estimate of drug-likeness (QED) is 0.641. The average molecular weight is 182 g/mol. The minimum Gasteiger partial charge on any atom is -0.375 e. The van der Waals surface area contributed by atoms with Gasteiger partial charge in [0.1, 0.15) is 0 Å². The van der Waals surface area contributed by atoms with E-state index in [1.54, 1.807) is 0 Å². The van der Waals surface area contributed by atoms with Gasteiger partial charge in [0.05, 0.1) is 12.2 Å². The maximum atomic E-state index is 6.07. The van der Waals surface area contributed by atoms with Crippen LogP contribution in [0.25, 0.3) is 0 Å². The fourth-order valence-electron chi connectivity index (χ4n) is 2.34. The van der Waals surface area contributed by atoms with Gasteiger partial charge in [-0.15, -0.1) is 0 Å². The van der Waals surface area contributed by atoms with Crippen molar-refractivity contribution in [3.05, 3.63) is 0 Å². The van der Waals surface area contributed by atoms with E-state index in [1.807, 2.05) is 0 Å². The predicted octanol–water partition coefficient (Wildman–Crippen LogP) is 2.10. The fourth-order valence-corrected chi connectivity index (χ4v) is 2.34. The molecule has 1 heterocycles. The molecule has 0 atom stereocenters. The van der Waals surface area contributed by atoms with Crippen molar-refractivity contribution in [1.82, 2.24) is 5.32 Å². The Bertz CT molecular complexity index is 121. The van der Waals surface area contributed by atoms with E-state index in [0.29, 0.717) is 12.2 Å². The van der Waals surface area contributed by atoms with E-state index in [1.165, 1.54) is 32.1 Å². The normalized spacial score (nSPS) is 27.7. The van der Waals surface area contributed by atoms with Crippen LogP contribution in [0.2, 0.25) is 0 Å². The Balaban J connectivity index is 1.69. The summed E-state index contributed by atoms with van der Waals surface area (Å²) in [6, 6.07) is 0. The molecule has 1 aliphatic carbocycles. The second-order valence-corrected chi connectivity index (χ2v) is 4.27. The van der Waals surface area contributed by atoms with Gasteiger partial charge in [0.25, 0.3) is 0 Å². The first kappa shape index (κ1) is 9.47. The van der Waals surface area contributed by atoms with Crippen molar-refractivity contribution in [2.24, 2.45) is 0 Å². The summed E-state index contributed by atoms with van der Waals surface area (Å²) in [4.78, 5) is 0. The van der Waals surface area contributed by atoms with E-state index in [9.17, 15) is 0 Å². The van der Waals surface area contributed by atoms with Crippen LogP contribution in [0, 0.1) is 0 Å². The Kier molecular flexibility index (Phi) is 3.62. The predicted molar refractivity (Wildman–Crippen MR) is 52.8 cm³/mol. The van der Waals surface area contributed by atoms with E-state index in [2.05, 4.69) is 5.32 Å². The lowest BCUT2D eigenvalue weighted by molar-refractivity contribution is -0.0423. The lowest BCUT2D eigenvalue weighted by Crippen LogP contribution is -2.32. The van der Waals surface area contributed by atoms with Crippen LogP contribution in [-0.2, 0) is 4.74 Å². The molecule has 1 aliphatic heterocycles. The van der Waals surface area contributed by atoms with Gasteiger partial charge in [0.2, 0.25) is 0 Å². The van der Waals surface area contributed by atoms with Crippen molar-refractivity contribution in [1.29, 1.82) is 0 Å². The highest BCUT2D eigenvalue weighted by Crippen LogP contribution is 2.23. The van der Waals surface area contributed by atoms with Crippen LogP contribution in [-0.4, -0.2) is 25.3 Å². The summed E-state index contributed by atoms with van der Waals surface area (Å²) in [6.07, 6.45) is 10.2. The van der Waals surface area contributed by atoms with Crippen LogP contribution in [0.5, 0.6) is 0 Å². The molecule has 0 aromatic rings. The number of rotatable bonds is 2. The van der Waals surface area contributed by atoms with Crippen molar-refractivity contribution in [2.45, 2.75) is 57.2 Å². The van der Waals surface area contributed by atoms with Crippen LogP contribution in [0.4, 0.5) is 0 Å². The lowest BCUT2D eigenvalue weighted by atomic mass is 9.97. The third-order valence-electron chi connectivity index (χ3n) is 3.16. The molecule has 0 amide bonds. The molecule has 0 bridgehead atoms. The Morgan fingerprint density at radius 1 is 0.769 bits per heavy atom. The molecule has 0 spiro atoms. The topological polar surface area (TPSA) is 23.3 Å². The molecule has 2 fully saturated rings. The molecule has 75 valence electrons. The Hall–Kier alpha value is -0.0800. The average Bonchev–Trinajstić information content (AvgIpc) is 2.21. The summed E-state index contributed by atoms with van der Waals surface area (Å²) < 4.78 is 6.07. The molecule has 0 N–H and O–H groups in total. The zero-order valence-corrected chi connectivity index (χ0v) is 8.37. The van der Waals surface area contributed by atoms with E-state index in [-0.39, 0.29) is 0 Å². The molecule has 13 heavy (non-hydrogen) atoms. The van der Waals surface area contributed by atoms with Crippen LogP contribution in [0.3, 0.4) is 0 Å². The second-order valence-electron chi connectivity index (χ2n) is 4.27. The molecule has 2 nitrogen and oxygen atoms in total. The van der Waals surface area contributed by atoms with Gasteiger partial charge in [0, 0.05) is 13.1 Å². The lowest BCUT2D eigenvalue weighted by Gasteiger charge is -2.29. The Morgan fingerprint density at radius 3 is 2.08 bits per heavy atom. The molecule has 1 saturated carbocycles. The summed E-state index contributed by atoms with van der Waals surface area (Å²) in [5.74, 6) is 0. The second kappa shape index (κ2) is 4.97. The van der Waals surface area contributed by atoms with E-state index >= 15 is 0 Å². The standard InChI is InChI=1S/C11H20NO/c1-2-4-10(5-3-1)13-11-6-8-12-9-7-11/h10-11H,1-9H2. The summed E-state index contributed by atoms with van der Waals surface area (Å²) in [7, 11) is 0. The summed E-state index contributed by atoms with van der Waals surface area (Å²) in [5.41, 5.74) is 0. The maximum absolute atomic E-state index is 6.07. The Morgan fingerprint density at radius 2 is 1.38 bits per heavy atom. The molecule has 2 heteroatoms. The summed E-state index contributed by atoms with van der Waals surface area (Å²) in [5, 5.41) is 4.34. The molecular formula is C11H20NO. The zero-order chi connectivity index (χ0) is 8.93. The van der Waals surface area contributed by atoms with Gasteiger partial charge >= 0.3 is 0 Å². The minimum absolute atomic E-state index is 0.528. The van der Waals surface area contributed by atoms with Crippen molar-refractivity contribution >= 4 is 0 Å². The van der Waals surface area contributed by atoms with Crippen molar-refractivity contribution in [3.8, 4) is 0 Å². The molecule has 0 unspecified atom stereocenters. The van der Waals surface area contributed by atoms with Crippen molar-refractivity contribution in [3.63, 3.8) is 0 Å². The van der Waals surface area contributed by atoms with Gasteiger partial charge in [0.15, 0.2) is 0 Å². The van der Waals surface area contributed by atoms with E-state index < -0.39 is 0 Å². The molecule has 2 aliphatic rings. The molecule has 1 saturated heterocycles. The highest BCUT2D eigenvalue weighted by atomic mass is 16.5. The minimum atomic E-state index is 0.528. The van der Waals surface area contributed by atoms with Gasteiger partial charge in [-0.3, -0.25) is 0 Å². The monoisotopic (exact) mass is 182 g/mol. The largest absolute Gasteiger partial charge is 0.375 e. The molecule has 1 radical (unpaired) electrons. The van der Waals surface area contributed by atoms with Gasteiger partial charge < -0.3 is 4.74 Å². The first-order valence-corrected chi connectivity index (χ1v) is 5.74. The number of hydrogen-bond donors (Lipinski definition) is 0. The van der Waals surface area contributed by atoms with Gasteiger partial charge in [-0.05, 0) is 25.7 Å². The molecular weight excluding hydrogens is 162 g/mol. The smallest absolute Gasteiger partial charge is 0.0604 e. The van der Waals surface area contributed by atoms with E-state index in [0.717, 1.165) is 25.9 Å².